The van der Waals surface area contributed by atoms with Gasteiger partial charge in [-0.2, -0.15) is 0 Å². The van der Waals surface area contributed by atoms with Gasteiger partial charge >= 0.3 is 0 Å². The molecule has 0 aliphatic heterocycles. The van der Waals surface area contributed by atoms with E-state index in [1.54, 1.807) is 0 Å². The van der Waals surface area contributed by atoms with Gasteiger partial charge in [-0.05, 0) is 36.8 Å². The lowest BCUT2D eigenvalue weighted by Crippen LogP contribution is -2.38. The Kier molecular flexibility index (Phi) is 2.94. The van der Waals surface area contributed by atoms with Crippen LogP contribution in [0.3, 0.4) is 0 Å². The predicted octanol–water partition coefficient (Wildman–Crippen LogP) is 1.37. The molecule has 1 heterocycles. The Bertz CT molecular complexity index is 676. The van der Waals surface area contributed by atoms with Crippen LogP contribution in [0.1, 0.15) is 13.3 Å². The first-order valence-electron chi connectivity index (χ1n) is 5.45. The SMILES string of the molecule is CC1(O)C=c2nc3ccccc3cc2=CC1.Cl. The topological polar surface area (TPSA) is 33.1 Å². The van der Waals surface area contributed by atoms with Crippen molar-refractivity contribution in [3.05, 3.63) is 40.9 Å². The van der Waals surface area contributed by atoms with E-state index < -0.39 is 5.60 Å². The van der Waals surface area contributed by atoms with Gasteiger partial charge < -0.3 is 5.11 Å². The van der Waals surface area contributed by atoms with E-state index in [1.807, 2.05) is 31.2 Å². The molecule has 0 saturated heterocycles. The molecule has 2 aromatic rings. The number of pyridine rings is 1. The molecular weight excluding hydrogens is 234 g/mol. The number of halogens is 1. The standard InChI is InChI=1S/C14H13NO.ClH/c1-14(16)7-6-11-8-10-4-2-3-5-12(10)15-13(11)9-14;/h2-6,8-9,16H,7H2,1H3;1H. The second-order valence-electron chi connectivity index (χ2n) is 4.57. The Morgan fingerprint density at radius 3 is 2.88 bits per heavy atom. The van der Waals surface area contributed by atoms with E-state index in [4.69, 9.17) is 0 Å². The number of hydrogen-bond donors (Lipinski definition) is 1. The molecule has 0 fully saturated rings. The average molecular weight is 248 g/mol. The number of benzene rings is 1. The van der Waals surface area contributed by atoms with E-state index in [0.29, 0.717) is 6.42 Å². The maximum absolute atomic E-state index is 9.97. The summed E-state index contributed by atoms with van der Waals surface area (Å²) in [7, 11) is 0. The van der Waals surface area contributed by atoms with Crippen molar-refractivity contribution in [2.75, 3.05) is 0 Å². The van der Waals surface area contributed by atoms with Crippen molar-refractivity contribution in [2.24, 2.45) is 0 Å². The lowest BCUT2D eigenvalue weighted by molar-refractivity contribution is 0.134. The summed E-state index contributed by atoms with van der Waals surface area (Å²) in [5, 5.41) is 13.1. The zero-order valence-corrected chi connectivity index (χ0v) is 10.4. The van der Waals surface area contributed by atoms with Gasteiger partial charge in [-0.1, -0.05) is 24.3 Å². The van der Waals surface area contributed by atoms with Crippen LogP contribution in [0.4, 0.5) is 0 Å². The van der Waals surface area contributed by atoms with Crippen molar-refractivity contribution >= 4 is 35.5 Å². The van der Waals surface area contributed by atoms with Gasteiger partial charge in [0.05, 0.1) is 16.5 Å². The summed E-state index contributed by atoms with van der Waals surface area (Å²) < 4.78 is 0. The summed E-state index contributed by atoms with van der Waals surface area (Å²) in [6.07, 6.45) is 4.55. The van der Waals surface area contributed by atoms with Crippen LogP contribution < -0.4 is 10.6 Å². The first-order chi connectivity index (χ1) is 7.64. The van der Waals surface area contributed by atoms with Gasteiger partial charge in [0.15, 0.2) is 0 Å². The van der Waals surface area contributed by atoms with Crippen LogP contribution in [0.5, 0.6) is 0 Å². The van der Waals surface area contributed by atoms with Crippen LogP contribution in [0, 0.1) is 0 Å². The summed E-state index contributed by atoms with van der Waals surface area (Å²) in [4.78, 5) is 4.56. The minimum atomic E-state index is -0.761. The van der Waals surface area contributed by atoms with Crippen LogP contribution in [-0.2, 0) is 0 Å². The Labute approximate surface area is 106 Å². The van der Waals surface area contributed by atoms with Crippen molar-refractivity contribution in [2.45, 2.75) is 18.9 Å². The lowest BCUT2D eigenvalue weighted by Gasteiger charge is -2.19. The zero-order valence-electron chi connectivity index (χ0n) is 9.55. The number of hydrogen-bond acceptors (Lipinski definition) is 2. The van der Waals surface area contributed by atoms with Crippen molar-refractivity contribution in [3.63, 3.8) is 0 Å². The van der Waals surface area contributed by atoms with Crippen molar-refractivity contribution in [1.82, 2.24) is 4.98 Å². The summed E-state index contributed by atoms with van der Waals surface area (Å²) in [5.74, 6) is 0. The molecule has 3 rings (SSSR count). The summed E-state index contributed by atoms with van der Waals surface area (Å²) >= 11 is 0. The van der Waals surface area contributed by atoms with Crippen LogP contribution in [0.15, 0.2) is 30.3 Å². The van der Waals surface area contributed by atoms with E-state index >= 15 is 0 Å². The van der Waals surface area contributed by atoms with Crippen molar-refractivity contribution in [1.29, 1.82) is 0 Å². The number of aliphatic hydroxyl groups is 1. The van der Waals surface area contributed by atoms with E-state index in [-0.39, 0.29) is 12.4 Å². The lowest BCUT2D eigenvalue weighted by atomic mass is 9.96. The van der Waals surface area contributed by atoms with Gasteiger partial charge in [0.1, 0.15) is 0 Å². The Morgan fingerprint density at radius 2 is 2.06 bits per heavy atom. The minimum absolute atomic E-state index is 0. The summed E-state index contributed by atoms with van der Waals surface area (Å²) in [6.45, 7) is 1.81. The number of nitrogens with zero attached hydrogens (tertiary/aromatic N) is 1. The second kappa shape index (κ2) is 4.13. The molecule has 1 aliphatic rings. The molecule has 1 unspecified atom stereocenters. The minimum Gasteiger partial charge on any atom is -0.386 e. The number of para-hydroxylation sites is 1. The first-order valence-corrected chi connectivity index (χ1v) is 5.45. The normalized spacial score (nSPS) is 22.0. The third-order valence-electron chi connectivity index (χ3n) is 2.97. The molecule has 1 N–H and O–H groups in total. The summed E-state index contributed by atoms with van der Waals surface area (Å²) in [5.41, 5.74) is 0.214. The fourth-order valence-corrected chi connectivity index (χ4v) is 2.10. The highest BCUT2D eigenvalue weighted by atomic mass is 35.5. The third kappa shape index (κ3) is 2.19. The molecular formula is C14H14ClNO. The molecule has 2 nitrogen and oxygen atoms in total. The summed E-state index contributed by atoms with van der Waals surface area (Å²) in [6, 6.07) is 10.2. The fourth-order valence-electron chi connectivity index (χ4n) is 2.10. The molecule has 1 atom stereocenters. The average Bonchev–Trinajstić information content (AvgIpc) is 2.25. The van der Waals surface area contributed by atoms with Gasteiger partial charge in [-0.15, -0.1) is 12.4 Å². The molecule has 0 amide bonds. The molecule has 0 bridgehead atoms. The molecule has 0 radical (unpaired) electrons. The molecule has 1 aliphatic carbocycles. The van der Waals surface area contributed by atoms with Crippen molar-refractivity contribution in [3.8, 4) is 0 Å². The number of rotatable bonds is 0. The van der Waals surface area contributed by atoms with E-state index in [2.05, 4.69) is 23.2 Å². The maximum atomic E-state index is 9.97. The number of aromatic nitrogens is 1. The highest BCUT2D eigenvalue weighted by Gasteiger charge is 2.18. The first kappa shape index (κ1) is 12.1. The van der Waals surface area contributed by atoms with Gasteiger partial charge in [-0.3, -0.25) is 0 Å². The van der Waals surface area contributed by atoms with Crippen LogP contribution in [0.2, 0.25) is 0 Å². The van der Waals surface area contributed by atoms with E-state index in [9.17, 15) is 5.11 Å². The van der Waals surface area contributed by atoms with Crippen LogP contribution in [0.25, 0.3) is 23.1 Å². The van der Waals surface area contributed by atoms with E-state index in [1.165, 1.54) is 0 Å². The zero-order chi connectivity index (χ0) is 11.2. The number of fused-ring (bicyclic) bond motifs is 2. The predicted molar refractivity (Wildman–Crippen MR) is 72.4 cm³/mol. The van der Waals surface area contributed by atoms with Crippen molar-refractivity contribution < 1.29 is 5.11 Å². The van der Waals surface area contributed by atoms with Gasteiger partial charge in [0, 0.05) is 5.39 Å². The molecule has 88 valence electrons. The highest BCUT2D eigenvalue weighted by molar-refractivity contribution is 5.85. The smallest absolute Gasteiger partial charge is 0.0858 e. The third-order valence-corrected chi connectivity index (χ3v) is 2.97. The van der Waals surface area contributed by atoms with Crippen LogP contribution in [-0.4, -0.2) is 15.7 Å². The quantitative estimate of drug-likeness (QED) is 0.763. The van der Waals surface area contributed by atoms with Gasteiger partial charge in [-0.25, -0.2) is 4.98 Å². The molecule has 1 aromatic carbocycles. The molecule has 0 saturated carbocycles. The Balaban J connectivity index is 0.00000108. The van der Waals surface area contributed by atoms with Gasteiger partial charge in [0.25, 0.3) is 0 Å². The molecule has 3 heteroatoms. The monoisotopic (exact) mass is 247 g/mol. The van der Waals surface area contributed by atoms with E-state index in [0.717, 1.165) is 21.5 Å². The molecule has 1 aromatic heterocycles. The fraction of sp³-hybridized carbons (Fsp3) is 0.214. The maximum Gasteiger partial charge on any atom is 0.0858 e. The second-order valence-corrected chi connectivity index (χ2v) is 4.57. The largest absolute Gasteiger partial charge is 0.386 e. The highest BCUT2D eigenvalue weighted by Crippen LogP contribution is 2.14. The molecule has 17 heavy (non-hydrogen) atoms. The van der Waals surface area contributed by atoms with Gasteiger partial charge in [0.2, 0.25) is 0 Å². The Morgan fingerprint density at radius 1 is 1.29 bits per heavy atom. The molecule has 0 spiro atoms. The Hall–Kier alpha value is -1.38. The van der Waals surface area contributed by atoms with Crippen LogP contribution >= 0.6 is 12.4 Å².